The molecule has 0 saturated carbocycles. The summed E-state index contributed by atoms with van der Waals surface area (Å²) >= 11 is 0. The molecule has 1 saturated heterocycles. The average Bonchev–Trinajstić information content (AvgIpc) is 2.40. The molecule has 1 unspecified atom stereocenters. The first-order valence-electron chi connectivity index (χ1n) is 6.83. The zero-order valence-electron chi connectivity index (χ0n) is 11.5. The Morgan fingerprint density at radius 2 is 2.44 bits per heavy atom. The highest BCUT2D eigenvalue weighted by molar-refractivity contribution is 5.83. The van der Waals surface area contributed by atoms with Gasteiger partial charge >= 0.3 is 0 Å². The Morgan fingerprint density at radius 1 is 1.61 bits per heavy atom. The van der Waals surface area contributed by atoms with Gasteiger partial charge in [-0.05, 0) is 38.3 Å². The highest BCUT2D eigenvalue weighted by atomic mass is 16.5. The van der Waals surface area contributed by atoms with E-state index in [0.717, 1.165) is 45.4 Å². The minimum atomic E-state index is -0.204. The lowest BCUT2D eigenvalue weighted by Gasteiger charge is -2.38. The predicted molar refractivity (Wildman–Crippen MR) is 71.4 cm³/mol. The third-order valence-electron chi connectivity index (χ3n) is 4.03. The van der Waals surface area contributed by atoms with E-state index in [4.69, 9.17) is 4.74 Å². The summed E-state index contributed by atoms with van der Waals surface area (Å²) in [6.07, 6.45) is 5.19. The number of carbonyl (C=O) groups excluding carboxylic acids is 1. The monoisotopic (exact) mass is 252 g/mol. The number of hydrogen-bond donors (Lipinski definition) is 1. The molecule has 2 rings (SSSR count). The number of methoxy groups -OCH3 is 1. The van der Waals surface area contributed by atoms with Crippen LogP contribution in [0.5, 0.6) is 0 Å². The van der Waals surface area contributed by atoms with E-state index in [1.165, 1.54) is 5.57 Å². The summed E-state index contributed by atoms with van der Waals surface area (Å²) in [5.41, 5.74) is 1.11. The van der Waals surface area contributed by atoms with Crippen molar-refractivity contribution in [1.82, 2.24) is 10.2 Å². The molecule has 2 aliphatic rings. The summed E-state index contributed by atoms with van der Waals surface area (Å²) in [7, 11) is 1.72. The SMILES string of the molecule is COCC1=CCN(C(=O)C2(C)CCCNC2)CC1. The van der Waals surface area contributed by atoms with Gasteiger partial charge < -0.3 is 15.0 Å². The summed E-state index contributed by atoms with van der Waals surface area (Å²) in [5.74, 6) is 0.308. The first-order chi connectivity index (χ1) is 8.65. The molecule has 1 fully saturated rings. The first kappa shape index (κ1) is 13.6. The van der Waals surface area contributed by atoms with E-state index in [2.05, 4.69) is 18.3 Å². The van der Waals surface area contributed by atoms with Crippen molar-refractivity contribution in [3.05, 3.63) is 11.6 Å². The van der Waals surface area contributed by atoms with Gasteiger partial charge in [-0.2, -0.15) is 0 Å². The minimum Gasteiger partial charge on any atom is -0.380 e. The molecule has 1 atom stereocenters. The fourth-order valence-corrected chi connectivity index (χ4v) is 2.83. The molecular formula is C14H24N2O2. The summed E-state index contributed by atoms with van der Waals surface area (Å²) in [6.45, 7) is 6.23. The highest BCUT2D eigenvalue weighted by Crippen LogP contribution is 2.29. The second-order valence-corrected chi connectivity index (χ2v) is 5.64. The summed E-state index contributed by atoms with van der Waals surface area (Å²) in [4.78, 5) is 14.6. The molecule has 1 amide bonds. The molecule has 2 heterocycles. The van der Waals surface area contributed by atoms with Crippen molar-refractivity contribution in [2.45, 2.75) is 26.2 Å². The minimum absolute atomic E-state index is 0.204. The van der Waals surface area contributed by atoms with E-state index in [0.29, 0.717) is 12.5 Å². The Balaban J connectivity index is 1.94. The maximum absolute atomic E-state index is 12.6. The second-order valence-electron chi connectivity index (χ2n) is 5.64. The van der Waals surface area contributed by atoms with Crippen molar-refractivity contribution < 1.29 is 9.53 Å². The van der Waals surface area contributed by atoms with Gasteiger partial charge in [0.25, 0.3) is 0 Å². The second kappa shape index (κ2) is 5.85. The van der Waals surface area contributed by atoms with E-state index < -0.39 is 0 Å². The number of nitrogens with zero attached hydrogens (tertiary/aromatic N) is 1. The lowest BCUT2D eigenvalue weighted by atomic mass is 9.81. The van der Waals surface area contributed by atoms with E-state index in [9.17, 15) is 4.79 Å². The van der Waals surface area contributed by atoms with Crippen LogP contribution in [0.4, 0.5) is 0 Å². The summed E-state index contributed by atoms with van der Waals surface area (Å²) in [5, 5.41) is 3.34. The largest absolute Gasteiger partial charge is 0.380 e. The summed E-state index contributed by atoms with van der Waals surface area (Å²) < 4.78 is 5.13. The smallest absolute Gasteiger partial charge is 0.230 e. The van der Waals surface area contributed by atoms with Crippen molar-refractivity contribution in [3.63, 3.8) is 0 Å². The Hall–Kier alpha value is -0.870. The van der Waals surface area contributed by atoms with Crippen LogP contribution >= 0.6 is 0 Å². The fraction of sp³-hybridized carbons (Fsp3) is 0.786. The Morgan fingerprint density at radius 3 is 3.00 bits per heavy atom. The molecule has 1 N–H and O–H groups in total. The molecule has 0 radical (unpaired) electrons. The lowest BCUT2D eigenvalue weighted by Crippen LogP contribution is -2.51. The van der Waals surface area contributed by atoms with Crippen LogP contribution in [0.2, 0.25) is 0 Å². The van der Waals surface area contributed by atoms with Crippen LogP contribution in [0.1, 0.15) is 26.2 Å². The molecule has 18 heavy (non-hydrogen) atoms. The van der Waals surface area contributed by atoms with Gasteiger partial charge in [-0.15, -0.1) is 0 Å². The van der Waals surface area contributed by atoms with Crippen LogP contribution in [-0.4, -0.2) is 50.7 Å². The van der Waals surface area contributed by atoms with Gasteiger partial charge in [0.05, 0.1) is 12.0 Å². The van der Waals surface area contributed by atoms with Gasteiger partial charge in [0, 0.05) is 26.7 Å². The number of hydrogen-bond acceptors (Lipinski definition) is 3. The molecule has 4 heteroatoms. The zero-order valence-corrected chi connectivity index (χ0v) is 11.5. The van der Waals surface area contributed by atoms with Crippen LogP contribution in [0.25, 0.3) is 0 Å². The Kier molecular flexibility index (Phi) is 4.40. The van der Waals surface area contributed by atoms with Crippen molar-refractivity contribution in [2.24, 2.45) is 5.41 Å². The van der Waals surface area contributed by atoms with Gasteiger partial charge in [0.15, 0.2) is 0 Å². The van der Waals surface area contributed by atoms with Gasteiger partial charge in [0.1, 0.15) is 0 Å². The first-order valence-corrected chi connectivity index (χ1v) is 6.83. The number of amides is 1. The standard InChI is InChI=1S/C14H24N2O2/c1-14(6-3-7-15-11-14)13(17)16-8-4-12(5-9-16)10-18-2/h4,15H,3,5-11H2,1-2H3. The molecule has 0 bridgehead atoms. The molecule has 4 nitrogen and oxygen atoms in total. The molecule has 0 aromatic heterocycles. The van der Waals surface area contributed by atoms with E-state index in [1.807, 2.05) is 4.90 Å². The Labute approximate surface area is 109 Å². The number of nitrogens with one attached hydrogen (secondary N) is 1. The molecule has 0 aromatic rings. The number of rotatable bonds is 3. The van der Waals surface area contributed by atoms with E-state index in [1.54, 1.807) is 7.11 Å². The third kappa shape index (κ3) is 2.93. The average molecular weight is 252 g/mol. The van der Waals surface area contributed by atoms with Crippen LogP contribution in [0, 0.1) is 5.41 Å². The topological polar surface area (TPSA) is 41.6 Å². The number of carbonyl (C=O) groups is 1. The maximum atomic E-state index is 12.6. The van der Waals surface area contributed by atoms with Crippen molar-refractivity contribution in [2.75, 3.05) is 39.9 Å². The van der Waals surface area contributed by atoms with Gasteiger partial charge in [-0.25, -0.2) is 0 Å². The van der Waals surface area contributed by atoms with Crippen LogP contribution in [0.3, 0.4) is 0 Å². The van der Waals surface area contributed by atoms with Crippen LogP contribution in [-0.2, 0) is 9.53 Å². The molecule has 102 valence electrons. The third-order valence-corrected chi connectivity index (χ3v) is 4.03. The fourth-order valence-electron chi connectivity index (χ4n) is 2.83. The Bertz CT molecular complexity index is 333. The predicted octanol–water partition coefficient (Wildman–Crippen LogP) is 1.18. The van der Waals surface area contributed by atoms with Gasteiger partial charge in [-0.3, -0.25) is 4.79 Å². The molecule has 0 spiro atoms. The zero-order chi connectivity index (χ0) is 13.0. The molecule has 2 aliphatic heterocycles. The molecular weight excluding hydrogens is 228 g/mol. The van der Waals surface area contributed by atoms with E-state index >= 15 is 0 Å². The maximum Gasteiger partial charge on any atom is 0.230 e. The van der Waals surface area contributed by atoms with Gasteiger partial charge in [-0.1, -0.05) is 6.08 Å². The number of piperidine rings is 1. The van der Waals surface area contributed by atoms with Crippen molar-refractivity contribution in [3.8, 4) is 0 Å². The van der Waals surface area contributed by atoms with Crippen molar-refractivity contribution >= 4 is 5.91 Å². The van der Waals surface area contributed by atoms with Gasteiger partial charge in [0.2, 0.25) is 5.91 Å². The molecule has 0 aromatic carbocycles. The normalized spacial score (nSPS) is 29.0. The number of ether oxygens (including phenoxy) is 1. The van der Waals surface area contributed by atoms with Crippen LogP contribution in [0.15, 0.2) is 11.6 Å². The van der Waals surface area contributed by atoms with E-state index in [-0.39, 0.29) is 5.41 Å². The van der Waals surface area contributed by atoms with Crippen molar-refractivity contribution in [1.29, 1.82) is 0 Å². The summed E-state index contributed by atoms with van der Waals surface area (Å²) in [6, 6.07) is 0. The van der Waals surface area contributed by atoms with Crippen LogP contribution < -0.4 is 5.32 Å². The molecule has 0 aliphatic carbocycles. The lowest BCUT2D eigenvalue weighted by molar-refractivity contribution is -0.141. The highest BCUT2D eigenvalue weighted by Gasteiger charge is 2.37. The quantitative estimate of drug-likeness (QED) is 0.767.